The number of hydrogen-bond donors (Lipinski definition) is 3. The standard InChI is InChI=1S/C18H16N2O2S/c21-18(20-22)17-15(19-12-13-7-3-1-4-8-13)11-16(23-17)14-9-5-2-6-10-14/h1-11,19,22H,12H2,(H,20,21). The highest BCUT2D eigenvalue weighted by Crippen LogP contribution is 2.35. The summed E-state index contributed by atoms with van der Waals surface area (Å²) in [4.78, 5) is 13.3. The monoisotopic (exact) mass is 324 g/mol. The molecule has 116 valence electrons. The Balaban J connectivity index is 1.88. The number of rotatable bonds is 5. The van der Waals surface area contributed by atoms with Crippen LogP contribution in [0, 0.1) is 0 Å². The smallest absolute Gasteiger partial charge is 0.286 e. The first-order chi connectivity index (χ1) is 11.3. The van der Waals surface area contributed by atoms with Gasteiger partial charge in [0, 0.05) is 11.4 Å². The Bertz CT molecular complexity index is 785. The van der Waals surface area contributed by atoms with Gasteiger partial charge in [-0.1, -0.05) is 60.7 Å². The zero-order chi connectivity index (χ0) is 16.1. The Labute approximate surface area is 138 Å². The lowest BCUT2D eigenvalue weighted by atomic mass is 10.2. The van der Waals surface area contributed by atoms with Gasteiger partial charge in [-0.3, -0.25) is 10.0 Å². The first-order valence-corrected chi connectivity index (χ1v) is 8.01. The van der Waals surface area contributed by atoms with Gasteiger partial charge in [-0.2, -0.15) is 0 Å². The highest BCUT2D eigenvalue weighted by molar-refractivity contribution is 7.18. The summed E-state index contributed by atoms with van der Waals surface area (Å²) in [5, 5.41) is 12.2. The summed E-state index contributed by atoms with van der Waals surface area (Å²) >= 11 is 1.35. The van der Waals surface area contributed by atoms with E-state index in [0.717, 1.165) is 16.0 Å². The molecule has 23 heavy (non-hydrogen) atoms. The van der Waals surface area contributed by atoms with E-state index < -0.39 is 5.91 Å². The molecule has 4 nitrogen and oxygen atoms in total. The van der Waals surface area contributed by atoms with Crippen molar-refractivity contribution >= 4 is 22.9 Å². The van der Waals surface area contributed by atoms with Crippen LogP contribution in [0.5, 0.6) is 0 Å². The zero-order valence-corrected chi connectivity index (χ0v) is 13.1. The molecule has 0 aliphatic heterocycles. The Morgan fingerprint density at radius 1 is 1.00 bits per heavy atom. The molecule has 1 heterocycles. The van der Waals surface area contributed by atoms with E-state index in [2.05, 4.69) is 5.32 Å². The Kier molecular flexibility index (Phi) is 4.71. The van der Waals surface area contributed by atoms with E-state index in [0.29, 0.717) is 17.1 Å². The maximum Gasteiger partial charge on any atom is 0.286 e. The van der Waals surface area contributed by atoms with E-state index in [4.69, 9.17) is 5.21 Å². The van der Waals surface area contributed by atoms with E-state index in [1.54, 1.807) is 5.48 Å². The van der Waals surface area contributed by atoms with Crippen LogP contribution in [0.25, 0.3) is 10.4 Å². The highest BCUT2D eigenvalue weighted by Gasteiger charge is 2.16. The van der Waals surface area contributed by atoms with Crippen LogP contribution < -0.4 is 10.8 Å². The minimum absolute atomic E-state index is 0.460. The van der Waals surface area contributed by atoms with E-state index in [-0.39, 0.29) is 0 Å². The number of carbonyl (C=O) groups is 1. The van der Waals surface area contributed by atoms with Crippen molar-refractivity contribution in [1.82, 2.24) is 5.48 Å². The molecule has 0 aliphatic carbocycles. The summed E-state index contributed by atoms with van der Waals surface area (Å²) in [6.45, 7) is 0.609. The van der Waals surface area contributed by atoms with Crippen molar-refractivity contribution in [2.24, 2.45) is 0 Å². The largest absolute Gasteiger partial charge is 0.380 e. The van der Waals surface area contributed by atoms with E-state index >= 15 is 0 Å². The van der Waals surface area contributed by atoms with Crippen LogP contribution in [-0.4, -0.2) is 11.1 Å². The van der Waals surface area contributed by atoms with Crippen LogP contribution in [0.4, 0.5) is 5.69 Å². The number of carbonyl (C=O) groups excluding carboxylic acids is 1. The quantitative estimate of drug-likeness (QED) is 0.488. The molecule has 0 fully saturated rings. The lowest BCUT2D eigenvalue weighted by Crippen LogP contribution is -2.18. The second kappa shape index (κ2) is 7.09. The number of amides is 1. The molecule has 0 unspecified atom stereocenters. The van der Waals surface area contributed by atoms with Gasteiger partial charge >= 0.3 is 0 Å². The van der Waals surface area contributed by atoms with Gasteiger partial charge in [0.25, 0.3) is 5.91 Å². The molecule has 2 aromatic carbocycles. The van der Waals surface area contributed by atoms with Crippen LogP contribution in [-0.2, 0) is 6.54 Å². The van der Waals surface area contributed by atoms with Gasteiger partial charge in [0.15, 0.2) is 0 Å². The molecule has 0 atom stereocenters. The lowest BCUT2D eigenvalue weighted by Gasteiger charge is -2.06. The van der Waals surface area contributed by atoms with Gasteiger partial charge < -0.3 is 5.32 Å². The maximum atomic E-state index is 11.9. The van der Waals surface area contributed by atoms with Crippen LogP contribution in [0.1, 0.15) is 15.2 Å². The fraction of sp³-hybridized carbons (Fsp3) is 0.0556. The number of nitrogens with one attached hydrogen (secondary N) is 2. The Morgan fingerprint density at radius 2 is 1.65 bits per heavy atom. The van der Waals surface area contributed by atoms with Crippen LogP contribution >= 0.6 is 11.3 Å². The van der Waals surface area contributed by atoms with Gasteiger partial charge in [0.2, 0.25) is 0 Å². The van der Waals surface area contributed by atoms with Crippen molar-refractivity contribution in [2.75, 3.05) is 5.32 Å². The molecule has 3 N–H and O–H groups in total. The van der Waals surface area contributed by atoms with E-state index in [9.17, 15) is 4.79 Å². The minimum Gasteiger partial charge on any atom is -0.380 e. The molecule has 5 heteroatoms. The zero-order valence-electron chi connectivity index (χ0n) is 12.3. The molecule has 1 amide bonds. The minimum atomic E-state index is -0.507. The Hall–Kier alpha value is -2.63. The molecule has 1 aromatic heterocycles. The summed E-state index contributed by atoms with van der Waals surface area (Å²) < 4.78 is 0. The number of hydrogen-bond acceptors (Lipinski definition) is 4. The molecule has 0 saturated heterocycles. The van der Waals surface area contributed by atoms with Crippen LogP contribution in [0.2, 0.25) is 0 Å². The maximum absolute atomic E-state index is 11.9. The predicted molar refractivity (Wildman–Crippen MR) is 92.8 cm³/mol. The van der Waals surface area contributed by atoms with Crippen LogP contribution in [0.3, 0.4) is 0 Å². The van der Waals surface area contributed by atoms with Gasteiger partial charge in [-0.25, -0.2) is 5.48 Å². The molecular weight excluding hydrogens is 308 g/mol. The number of anilines is 1. The number of thiophene rings is 1. The molecule has 3 rings (SSSR count). The average molecular weight is 324 g/mol. The summed E-state index contributed by atoms with van der Waals surface area (Å²) in [5.41, 5.74) is 4.59. The third-order valence-corrected chi connectivity index (χ3v) is 4.61. The highest BCUT2D eigenvalue weighted by atomic mass is 32.1. The first kappa shape index (κ1) is 15.3. The second-order valence-corrected chi connectivity index (χ2v) is 6.05. The SMILES string of the molecule is O=C(NO)c1sc(-c2ccccc2)cc1NCc1ccccc1. The molecule has 3 aromatic rings. The van der Waals surface area contributed by atoms with Crippen molar-refractivity contribution in [3.8, 4) is 10.4 Å². The predicted octanol–water partition coefficient (Wildman–Crippen LogP) is 4.15. The van der Waals surface area contributed by atoms with Gasteiger partial charge in [0.05, 0.1) is 5.69 Å². The molecular formula is C18H16N2O2S. The molecule has 0 saturated carbocycles. The van der Waals surface area contributed by atoms with Crippen molar-refractivity contribution < 1.29 is 10.0 Å². The second-order valence-electron chi connectivity index (χ2n) is 5.00. The topological polar surface area (TPSA) is 61.4 Å². The van der Waals surface area contributed by atoms with E-state index in [1.807, 2.05) is 66.7 Å². The van der Waals surface area contributed by atoms with Crippen LogP contribution in [0.15, 0.2) is 66.7 Å². The normalized spacial score (nSPS) is 10.3. The van der Waals surface area contributed by atoms with E-state index in [1.165, 1.54) is 11.3 Å². The summed E-state index contributed by atoms with van der Waals surface area (Å²) in [7, 11) is 0. The van der Waals surface area contributed by atoms with Crippen molar-refractivity contribution in [1.29, 1.82) is 0 Å². The van der Waals surface area contributed by atoms with Crippen molar-refractivity contribution in [3.05, 3.63) is 77.2 Å². The third kappa shape index (κ3) is 3.59. The van der Waals surface area contributed by atoms with Crippen molar-refractivity contribution in [2.45, 2.75) is 6.54 Å². The average Bonchev–Trinajstić information content (AvgIpc) is 3.05. The van der Waals surface area contributed by atoms with Gasteiger partial charge in [-0.15, -0.1) is 11.3 Å². The van der Waals surface area contributed by atoms with Gasteiger partial charge in [0.1, 0.15) is 4.88 Å². The fourth-order valence-corrected chi connectivity index (χ4v) is 3.31. The summed E-state index contributed by atoms with van der Waals surface area (Å²) in [6.07, 6.45) is 0. The lowest BCUT2D eigenvalue weighted by molar-refractivity contribution is 0.0712. The summed E-state index contributed by atoms with van der Waals surface area (Å²) in [5.74, 6) is -0.507. The van der Waals surface area contributed by atoms with Gasteiger partial charge in [-0.05, 0) is 17.2 Å². The molecule has 0 bridgehead atoms. The molecule has 0 radical (unpaired) electrons. The molecule has 0 spiro atoms. The first-order valence-electron chi connectivity index (χ1n) is 7.19. The Morgan fingerprint density at radius 3 is 2.30 bits per heavy atom. The number of hydroxylamine groups is 1. The fourth-order valence-electron chi connectivity index (χ4n) is 2.28. The number of benzene rings is 2. The molecule has 0 aliphatic rings. The summed E-state index contributed by atoms with van der Waals surface area (Å²) in [6, 6.07) is 21.7. The third-order valence-electron chi connectivity index (χ3n) is 3.42. The van der Waals surface area contributed by atoms with Crippen molar-refractivity contribution in [3.63, 3.8) is 0 Å².